The molecule has 3 aromatic carbocycles. The Labute approximate surface area is 146 Å². The lowest BCUT2D eigenvalue weighted by molar-refractivity contribution is 0.0955. The van der Waals surface area contributed by atoms with Crippen LogP contribution in [0, 0.1) is 0 Å². The maximum atomic E-state index is 12.2. The monoisotopic (exact) mass is 330 g/mol. The van der Waals surface area contributed by atoms with Crippen molar-refractivity contribution in [2.24, 2.45) is 5.10 Å². The minimum absolute atomic E-state index is 0.194. The van der Waals surface area contributed by atoms with Gasteiger partial charge >= 0.3 is 0 Å². The number of carbonyl (C=O) groups is 1. The van der Waals surface area contributed by atoms with E-state index in [4.69, 9.17) is 0 Å². The lowest BCUT2D eigenvalue weighted by atomic mass is 10.0. The third kappa shape index (κ3) is 4.12. The summed E-state index contributed by atoms with van der Waals surface area (Å²) in [6.07, 6.45) is 0. The molecule has 0 fully saturated rings. The van der Waals surface area contributed by atoms with Crippen LogP contribution >= 0.6 is 0 Å². The Bertz CT molecular complexity index is 883. The normalized spacial score (nSPS) is 11.2. The summed E-state index contributed by atoms with van der Waals surface area (Å²) < 4.78 is 0. The number of nitrogens with zero attached hydrogens (tertiary/aromatic N) is 1. The Hall–Kier alpha value is -3.40. The molecule has 2 N–H and O–H groups in total. The number of hydrogen-bond donors (Lipinski definition) is 2. The van der Waals surface area contributed by atoms with Gasteiger partial charge in [-0.2, -0.15) is 5.10 Å². The molecule has 0 aliphatic carbocycles. The van der Waals surface area contributed by atoms with E-state index in [2.05, 4.69) is 10.5 Å². The highest BCUT2D eigenvalue weighted by Gasteiger charge is 2.06. The Balaban J connectivity index is 1.69. The standard InChI is InChI=1S/C21H18N2O2/c1-15(16-11-13-20(24)14-12-16)22-23-21(25)19-9-7-18(8-10-19)17-5-3-2-4-6-17/h2-14,24H,1H3,(H,23,25)/b22-15-. The largest absolute Gasteiger partial charge is 0.508 e. The van der Waals surface area contributed by atoms with Crippen LogP contribution in [0.5, 0.6) is 5.75 Å². The highest BCUT2D eigenvalue weighted by Crippen LogP contribution is 2.19. The first-order valence-electron chi connectivity index (χ1n) is 7.93. The fourth-order valence-electron chi connectivity index (χ4n) is 2.41. The first-order valence-corrected chi connectivity index (χ1v) is 7.93. The van der Waals surface area contributed by atoms with Crippen molar-refractivity contribution >= 4 is 11.6 Å². The second-order valence-electron chi connectivity index (χ2n) is 5.63. The molecule has 0 radical (unpaired) electrons. The van der Waals surface area contributed by atoms with Crippen LogP contribution in [0.4, 0.5) is 0 Å². The van der Waals surface area contributed by atoms with Crippen molar-refractivity contribution in [1.82, 2.24) is 5.43 Å². The second kappa shape index (κ2) is 7.45. The molecular formula is C21H18N2O2. The molecule has 1 amide bonds. The number of carbonyl (C=O) groups excluding carboxylic acids is 1. The smallest absolute Gasteiger partial charge is 0.271 e. The Morgan fingerprint density at radius 2 is 1.36 bits per heavy atom. The molecule has 4 heteroatoms. The predicted molar refractivity (Wildman–Crippen MR) is 99.7 cm³/mol. The van der Waals surface area contributed by atoms with E-state index < -0.39 is 0 Å². The van der Waals surface area contributed by atoms with Crippen LogP contribution in [0.3, 0.4) is 0 Å². The molecule has 0 saturated carbocycles. The van der Waals surface area contributed by atoms with Gasteiger partial charge in [0.05, 0.1) is 5.71 Å². The van der Waals surface area contributed by atoms with Crippen molar-refractivity contribution in [3.63, 3.8) is 0 Å². The van der Waals surface area contributed by atoms with Gasteiger partial charge in [-0.15, -0.1) is 0 Å². The average molecular weight is 330 g/mol. The molecule has 0 saturated heterocycles. The van der Waals surface area contributed by atoms with Crippen molar-refractivity contribution < 1.29 is 9.90 Å². The van der Waals surface area contributed by atoms with Crippen LogP contribution in [-0.2, 0) is 0 Å². The van der Waals surface area contributed by atoms with E-state index in [0.717, 1.165) is 16.7 Å². The molecule has 0 spiro atoms. The van der Waals surface area contributed by atoms with Crippen molar-refractivity contribution in [3.8, 4) is 16.9 Å². The van der Waals surface area contributed by atoms with Gasteiger partial charge in [-0.25, -0.2) is 5.43 Å². The summed E-state index contributed by atoms with van der Waals surface area (Å²) >= 11 is 0. The number of nitrogens with one attached hydrogen (secondary N) is 1. The summed E-state index contributed by atoms with van der Waals surface area (Å²) in [5, 5.41) is 13.4. The van der Waals surface area contributed by atoms with Gasteiger partial charge in [0.15, 0.2) is 0 Å². The molecule has 124 valence electrons. The van der Waals surface area contributed by atoms with E-state index in [9.17, 15) is 9.90 Å². The van der Waals surface area contributed by atoms with Gasteiger partial charge in [0.2, 0.25) is 0 Å². The zero-order valence-electron chi connectivity index (χ0n) is 13.8. The van der Waals surface area contributed by atoms with Gasteiger partial charge in [0, 0.05) is 5.56 Å². The summed E-state index contributed by atoms with van der Waals surface area (Å²) in [5.74, 6) is -0.0724. The van der Waals surface area contributed by atoms with Gasteiger partial charge in [-0.05, 0) is 60.0 Å². The van der Waals surface area contributed by atoms with E-state index in [1.807, 2.05) is 42.5 Å². The summed E-state index contributed by atoms with van der Waals surface area (Å²) in [5.41, 5.74) is 6.76. The fourth-order valence-corrected chi connectivity index (χ4v) is 2.41. The lowest BCUT2D eigenvalue weighted by Gasteiger charge is -2.05. The first-order chi connectivity index (χ1) is 12.1. The van der Waals surface area contributed by atoms with E-state index >= 15 is 0 Å². The van der Waals surface area contributed by atoms with Crippen LogP contribution in [0.15, 0.2) is 84.0 Å². The fraction of sp³-hybridized carbons (Fsp3) is 0.0476. The Morgan fingerprint density at radius 3 is 2.00 bits per heavy atom. The molecule has 3 rings (SSSR count). The average Bonchev–Trinajstić information content (AvgIpc) is 2.67. The summed E-state index contributed by atoms with van der Waals surface area (Å²) in [6, 6.07) is 24.0. The number of aromatic hydroxyl groups is 1. The number of phenols is 1. The lowest BCUT2D eigenvalue weighted by Crippen LogP contribution is -2.19. The molecule has 0 unspecified atom stereocenters. The molecule has 4 nitrogen and oxygen atoms in total. The zero-order valence-corrected chi connectivity index (χ0v) is 13.8. The van der Waals surface area contributed by atoms with Gasteiger partial charge in [0.25, 0.3) is 5.91 Å². The van der Waals surface area contributed by atoms with Gasteiger partial charge < -0.3 is 5.11 Å². The van der Waals surface area contributed by atoms with Crippen molar-refractivity contribution in [2.75, 3.05) is 0 Å². The number of rotatable bonds is 4. The van der Waals surface area contributed by atoms with Crippen LogP contribution in [-0.4, -0.2) is 16.7 Å². The maximum absolute atomic E-state index is 12.2. The van der Waals surface area contributed by atoms with Crippen LogP contribution in [0.2, 0.25) is 0 Å². The van der Waals surface area contributed by atoms with E-state index in [0.29, 0.717) is 11.3 Å². The van der Waals surface area contributed by atoms with Crippen molar-refractivity contribution in [1.29, 1.82) is 0 Å². The molecule has 3 aromatic rings. The van der Waals surface area contributed by atoms with Crippen molar-refractivity contribution in [3.05, 3.63) is 90.0 Å². The van der Waals surface area contributed by atoms with Crippen LogP contribution in [0.1, 0.15) is 22.8 Å². The summed E-state index contributed by atoms with van der Waals surface area (Å²) in [4.78, 5) is 12.2. The summed E-state index contributed by atoms with van der Waals surface area (Å²) in [7, 11) is 0. The molecule has 0 atom stereocenters. The third-order valence-corrected chi connectivity index (χ3v) is 3.86. The summed E-state index contributed by atoms with van der Waals surface area (Å²) in [6.45, 7) is 1.80. The topological polar surface area (TPSA) is 61.7 Å². The number of hydrazone groups is 1. The number of phenolic OH excluding ortho intramolecular Hbond substituents is 1. The quantitative estimate of drug-likeness (QED) is 0.556. The van der Waals surface area contributed by atoms with Crippen LogP contribution < -0.4 is 5.43 Å². The van der Waals surface area contributed by atoms with Gasteiger partial charge in [0.1, 0.15) is 5.75 Å². The number of amides is 1. The molecular weight excluding hydrogens is 312 g/mol. The van der Waals surface area contributed by atoms with Crippen molar-refractivity contribution in [2.45, 2.75) is 6.92 Å². The third-order valence-electron chi connectivity index (χ3n) is 3.86. The maximum Gasteiger partial charge on any atom is 0.271 e. The second-order valence-corrected chi connectivity index (χ2v) is 5.63. The number of benzene rings is 3. The molecule has 25 heavy (non-hydrogen) atoms. The van der Waals surface area contributed by atoms with E-state index in [1.54, 1.807) is 43.3 Å². The molecule has 0 bridgehead atoms. The van der Waals surface area contributed by atoms with E-state index in [1.165, 1.54) is 0 Å². The minimum atomic E-state index is -0.266. The molecule has 0 aromatic heterocycles. The highest BCUT2D eigenvalue weighted by molar-refractivity contribution is 6.01. The first kappa shape index (κ1) is 16.5. The minimum Gasteiger partial charge on any atom is -0.508 e. The van der Waals surface area contributed by atoms with Crippen LogP contribution in [0.25, 0.3) is 11.1 Å². The highest BCUT2D eigenvalue weighted by atomic mass is 16.3. The molecule has 0 heterocycles. The van der Waals surface area contributed by atoms with Gasteiger partial charge in [-0.1, -0.05) is 42.5 Å². The van der Waals surface area contributed by atoms with E-state index in [-0.39, 0.29) is 11.7 Å². The molecule has 0 aliphatic rings. The predicted octanol–water partition coefficient (Wildman–Crippen LogP) is 4.21. The zero-order chi connectivity index (χ0) is 17.6. The SMILES string of the molecule is C/C(=N/NC(=O)c1ccc(-c2ccccc2)cc1)c1ccc(O)cc1. The van der Waals surface area contributed by atoms with Gasteiger partial charge in [-0.3, -0.25) is 4.79 Å². The molecule has 0 aliphatic heterocycles. The Morgan fingerprint density at radius 1 is 0.800 bits per heavy atom. The Kier molecular flexibility index (Phi) is 4.90. The number of hydrogen-bond acceptors (Lipinski definition) is 3.